The highest BCUT2D eigenvalue weighted by molar-refractivity contribution is 5.77. The van der Waals surface area contributed by atoms with Gasteiger partial charge in [-0.15, -0.1) is 5.10 Å². The van der Waals surface area contributed by atoms with Crippen LogP contribution in [-0.2, 0) is 6.42 Å². The van der Waals surface area contributed by atoms with E-state index in [9.17, 15) is 0 Å². The van der Waals surface area contributed by atoms with E-state index in [0.717, 1.165) is 5.56 Å². The van der Waals surface area contributed by atoms with Gasteiger partial charge in [-0.3, -0.25) is 5.21 Å². The third-order valence-electron chi connectivity index (χ3n) is 1.53. The summed E-state index contributed by atoms with van der Waals surface area (Å²) in [5, 5.41) is 15.4. The summed E-state index contributed by atoms with van der Waals surface area (Å²) >= 11 is 0. The molecule has 1 rings (SSSR count). The predicted octanol–water partition coefficient (Wildman–Crippen LogP) is 0.508. The molecular weight excluding hydrogens is 180 g/mol. The van der Waals surface area contributed by atoms with Gasteiger partial charge in [0.25, 0.3) is 0 Å². The second kappa shape index (κ2) is 5.71. The SMILES string of the molecule is NC(=N/N=C/Cc1ccccc1)NO. The molecule has 0 fully saturated rings. The van der Waals surface area contributed by atoms with E-state index in [-0.39, 0.29) is 5.96 Å². The van der Waals surface area contributed by atoms with Gasteiger partial charge >= 0.3 is 0 Å². The van der Waals surface area contributed by atoms with Crippen molar-refractivity contribution in [3.8, 4) is 0 Å². The van der Waals surface area contributed by atoms with E-state index in [1.807, 2.05) is 30.3 Å². The number of hydrogen-bond donors (Lipinski definition) is 3. The topological polar surface area (TPSA) is 83.0 Å². The zero-order valence-electron chi connectivity index (χ0n) is 7.59. The van der Waals surface area contributed by atoms with Crippen molar-refractivity contribution in [1.29, 1.82) is 0 Å². The first kappa shape index (κ1) is 10.2. The van der Waals surface area contributed by atoms with Crippen molar-refractivity contribution in [2.45, 2.75) is 6.42 Å². The van der Waals surface area contributed by atoms with Crippen LogP contribution in [0.2, 0.25) is 0 Å². The molecule has 0 heterocycles. The summed E-state index contributed by atoms with van der Waals surface area (Å²) < 4.78 is 0. The Balaban J connectivity index is 2.41. The summed E-state index contributed by atoms with van der Waals surface area (Å²) in [6.07, 6.45) is 2.29. The molecule has 0 saturated carbocycles. The van der Waals surface area contributed by atoms with Gasteiger partial charge in [0.2, 0.25) is 5.96 Å². The normalized spacial score (nSPS) is 11.9. The Hall–Kier alpha value is -1.88. The zero-order chi connectivity index (χ0) is 10.2. The van der Waals surface area contributed by atoms with Gasteiger partial charge in [-0.1, -0.05) is 30.3 Å². The molecule has 0 bridgehead atoms. The van der Waals surface area contributed by atoms with Crippen LogP contribution in [0.4, 0.5) is 0 Å². The number of hydroxylamine groups is 1. The Labute approximate surface area is 81.9 Å². The summed E-state index contributed by atoms with van der Waals surface area (Å²) in [4.78, 5) is 0. The molecule has 0 aromatic heterocycles. The number of guanidine groups is 1. The van der Waals surface area contributed by atoms with Gasteiger partial charge in [-0.05, 0) is 5.56 Å². The third kappa shape index (κ3) is 3.68. The molecule has 0 aliphatic rings. The van der Waals surface area contributed by atoms with E-state index in [1.165, 1.54) is 0 Å². The molecule has 0 aliphatic carbocycles. The molecule has 14 heavy (non-hydrogen) atoms. The first-order valence-corrected chi connectivity index (χ1v) is 4.12. The van der Waals surface area contributed by atoms with E-state index >= 15 is 0 Å². The minimum absolute atomic E-state index is 0.130. The smallest absolute Gasteiger partial charge is 0.237 e. The van der Waals surface area contributed by atoms with E-state index in [1.54, 1.807) is 11.7 Å². The Kier molecular flexibility index (Phi) is 4.16. The van der Waals surface area contributed by atoms with Crippen LogP contribution in [0.25, 0.3) is 0 Å². The number of rotatable bonds is 3. The predicted molar refractivity (Wildman–Crippen MR) is 55.2 cm³/mol. The van der Waals surface area contributed by atoms with Crippen molar-refractivity contribution in [3.63, 3.8) is 0 Å². The fraction of sp³-hybridized carbons (Fsp3) is 0.111. The van der Waals surface area contributed by atoms with Crippen molar-refractivity contribution in [1.82, 2.24) is 5.48 Å². The average molecular weight is 192 g/mol. The fourth-order valence-corrected chi connectivity index (χ4v) is 0.886. The molecule has 1 aromatic carbocycles. The van der Waals surface area contributed by atoms with Crippen LogP contribution >= 0.6 is 0 Å². The zero-order valence-corrected chi connectivity index (χ0v) is 7.59. The molecule has 1 aromatic rings. The van der Waals surface area contributed by atoms with Gasteiger partial charge in [0.05, 0.1) is 0 Å². The Morgan fingerprint density at radius 3 is 2.79 bits per heavy atom. The highest BCUT2D eigenvalue weighted by Crippen LogP contribution is 1.97. The van der Waals surface area contributed by atoms with E-state index in [0.29, 0.717) is 6.42 Å². The van der Waals surface area contributed by atoms with Crippen LogP contribution < -0.4 is 11.2 Å². The number of nitrogens with one attached hydrogen (secondary N) is 1. The standard InChI is InChI=1S/C9H12N4O/c10-9(13-14)12-11-7-6-8-4-2-1-3-5-8/h1-5,7,14H,6H2,(H3,10,12,13)/b11-7+. The molecule has 0 amide bonds. The van der Waals surface area contributed by atoms with Crippen molar-refractivity contribution < 1.29 is 5.21 Å². The number of nitrogens with two attached hydrogens (primary N) is 1. The molecule has 5 heteroatoms. The monoisotopic (exact) mass is 192 g/mol. The summed E-state index contributed by atoms with van der Waals surface area (Å²) in [5.41, 5.74) is 7.95. The first-order chi connectivity index (χ1) is 6.83. The molecule has 0 unspecified atom stereocenters. The van der Waals surface area contributed by atoms with Gasteiger partial charge in [-0.2, -0.15) is 5.10 Å². The minimum Gasteiger partial charge on any atom is -0.367 e. The minimum atomic E-state index is -0.130. The van der Waals surface area contributed by atoms with Crippen molar-refractivity contribution in [3.05, 3.63) is 35.9 Å². The van der Waals surface area contributed by atoms with E-state index in [4.69, 9.17) is 10.9 Å². The summed E-state index contributed by atoms with van der Waals surface area (Å²) in [7, 11) is 0. The molecule has 0 spiro atoms. The number of hydrogen-bond acceptors (Lipinski definition) is 3. The van der Waals surface area contributed by atoms with Crippen molar-refractivity contribution in [2.75, 3.05) is 0 Å². The largest absolute Gasteiger partial charge is 0.367 e. The lowest BCUT2D eigenvalue weighted by Crippen LogP contribution is -2.27. The maximum Gasteiger partial charge on any atom is 0.237 e. The fourth-order valence-electron chi connectivity index (χ4n) is 0.886. The summed E-state index contributed by atoms with van der Waals surface area (Å²) in [6.45, 7) is 0. The van der Waals surface area contributed by atoms with Gasteiger partial charge in [0, 0.05) is 12.6 Å². The average Bonchev–Trinajstić information content (AvgIpc) is 2.25. The van der Waals surface area contributed by atoms with Crippen LogP contribution in [0.1, 0.15) is 5.56 Å². The Morgan fingerprint density at radius 1 is 1.43 bits per heavy atom. The molecule has 74 valence electrons. The Morgan fingerprint density at radius 2 is 2.14 bits per heavy atom. The van der Waals surface area contributed by atoms with Gasteiger partial charge in [0.1, 0.15) is 0 Å². The van der Waals surface area contributed by atoms with Crippen LogP contribution in [0.15, 0.2) is 40.5 Å². The maximum atomic E-state index is 8.27. The second-order valence-electron chi connectivity index (χ2n) is 2.58. The van der Waals surface area contributed by atoms with Crippen LogP contribution in [0, 0.1) is 0 Å². The Bertz CT molecular complexity index is 321. The number of benzene rings is 1. The second-order valence-corrected chi connectivity index (χ2v) is 2.58. The van der Waals surface area contributed by atoms with Crippen LogP contribution in [0.3, 0.4) is 0 Å². The summed E-state index contributed by atoms with van der Waals surface area (Å²) in [5.74, 6) is -0.130. The van der Waals surface area contributed by atoms with Gasteiger partial charge in [0.15, 0.2) is 0 Å². The molecule has 0 saturated heterocycles. The van der Waals surface area contributed by atoms with Crippen molar-refractivity contribution >= 4 is 12.2 Å². The lowest BCUT2D eigenvalue weighted by molar-refractivity contribution is 0.232. The van der Waals surface area contributed by atoms with Crippen LogP contribution in [-0.4, -0.2) is 17.4 Å². The molecule has 5 nitrogen and oxygen atoms in total. The molecule has 0 radical (unpaired) electrons. The first-order valence-electron chi connectivity index (χ1n) is 4.12. The lowest BCUT2D eigenvalue weighted by atomic mass is 10.2. The lowest BCUT2D eigenvalue weighted by Gasteiger charge is -1.93. The molecular formula is C9H12N4O. The molecule has 4 N–H and O–H groups in total. The van der Waals surface area contributed by atoms with Crippen molar-refractivity contribution in [2.24, 2.45) is 15.9 Å². The maximum absolute atomic E-state index is 8.27. The highest BCUT2D eigenvalue weighted by Gasteiger charge is 1.86. The highest BCUT2D eigenvalue weighted by atomic mass is 16.5. The van der Waals surface area contributed by atoms with Crippen LogP contribution in [0.5, 0.6) is 0 Å². The summed E-state index contributed by atoms with van der Waals surface area (Å²) in [6, 6.07) is 9.84. The molecule has 0 aliphatic heterocycles. The number of nitrogens with zero attached hydrogens (tertiary/aromatic N) is 2. The van der Waals surface area contributed by atoms with E-state index in [2.05, 4.69) is 10.2 Å². The van der Waals surface area contributed by atoms with E-state index < -0.39 is 0 Å². The van der Waals surface area contributed by atoms with Gasteiger partial charge < -0.3 is 5.73 Å². The molecule has 0 atom stereocenters. The third-order valence-corrected chi connectivity index (χ3v) is 1.53. The van der Waals surface area contributed by atoms with Gasteiger partial charge in [-0.25, -0.2) is 5.48 Å². The quantitative estimate of drug-likeness (QED) is 0.370.